The van der Waals surface area contributed by atoms with Gasteiger partial charge in [0.15, 0.2) is 0 Å². The Balaban J connectivity index is 1.94. The highest BCUT2D eigenvalue weighted by molar-refractivity contribution is 5.94. The maximum absolute atomic E-state index is 12.1. The summed E-state index contributed by atoms with van der Waals surface area (Å²) >= 11 is 0. The van der Waals surface area contributed by atoms with Crippen LogP contribution in [0.25, 0.3) is 0 Å². The minimum atomic E-state index is 0.0218. The van der Waals surface area contributed by atoms with E-state index < -0.39 is 0 Å². The average molecular weight is 280 g/mol. The van der Waals surface area contributed by atoms with E-state index in [-0.39, 0.29) is 17.7 Å². The fourth-order valence-electron chi connectivity index (χ4n) is 3.41. The predicted octanol–water partition coefficient (Wildman–Crippen LogP) is 2.29. The van der Waals surface area contributed by atoms with Crippen LogP contribution in [0.2, 0.25) is 0 Å². The number of fused-ring (bicyclic) bond motifs is 5. The van der Waals surface area contributed by atoms with E-state index in [1.807, 2.05) is 30.3 Å². The summed E-state index contributed by atoms with van der Waals surface area (Å²) in [5.41, 5.74) is 4.31. The van der Waals surface area contributed by atoms with Gasteiger partial charge in [-0.3, -0.25) is 9.69 Å². The number of nitrogens with one attached hydrogen (secondary N) is 1. The molecule has 1 atom stereocenters. The van der Waals surface area contributed by atoms with Gasteiger partial charge in [0.25, 0.3) is 0 Å². The summed E-state index contributed by atoms with van der Waals surface area (Å²) in [5.74, 6) is 0.296. The normalized spacial score (nSPS) is 20.8. The number of carbonyl (C=O) groups excluding carboxylic acids is 1. The summed E-state index contributed by atoms with van der Waals surface area (Å²) in [6.07, 6.45) is 0.904. The molecule has 4 rings (SSSR count). The second kappa shape index (κ2) is 4.60. The quantitative estimate of drug-likeness (QED) is 0.778. The van der Waals surface area contributed by atoms with Gasteiger partial charge < -0.3 is 10.4 Å². The molecule has 21 heavy (non-hydrogen) atoms. The number of hydrogen-bond donors (Lipinski definition) is 2. The zero-order chi connectivity index (χ0) is 14.4. The van der Waals surface area contributed by atoms with Crippen LogP contribution in [0.15, 0.2) is 42.5 Å². The molecule has 4 heteroatoms. The fraction of sp³-hybridized carbons (Fsp3) is 0.235. The zero-order valence-electron chi connectivity index (χ0n) is 11.5. The molecule has 2 aliphatic rings. The minimum Gasteiger partial charge on any atom is -0.508 e. The Labute approximate surface area is 123 Å². The van der Waals surface area contributed by atoms with Crippen molar-refractivity contribution >= 4 is 11.6 Å². The number of phenols is 1. The van der Waals surface area contributed by atoms with Crippen LogP contribution in [-0.4, -0.2) is 29.0 Å². The van der Waals surface area contributed by atoms with Gasteiger partial charge in [-0.05, 0) is 41.3 Å². The van der Waals surface area contributed by atoms with E-state index in [1.54, 1.807) is 6.07 Å². The maximum atomic E-state index is 12.1. The number of nitrogens with zero attached hydrogens (tertiary/aromatic N) is 1. The standard InChI is InChI=1S/C17H16N2O2/c20-12-6-5-11-7-8-19-10-16(21)18-15-4-2-1-3-13(15)17(19)14(11)9-12/h1-6,9,17,20H,7-8,10H2,(H,18,21). The van der Waals surface area contributed by atoms with E-state index in [2.05, 4.69) is 16.3 Å². The molecule has 2 aliphatic heterocycles. The van der Waals surface area contributed by atoms with Gasteiger partial charge in [-0.15, -0.1) is 0 Å². The van der Waals surface area contributed by atoms with Crippen molar-refractivity contribution in [1.82, 2.24) is 4.90 Å². The molecule has 1 amide bonds. The maximum Gasteiger partial charge on any atom is 0.238 e. The van der Waals surface area contributed by atoms with Crippen LogP contribution in [0.1, 0.15) is 22.7 Å². The van der Waals surface area contributed by atoms with Crippen LogP contribution in [-0.2, 0) is 11.2 Å². The molecule has 0 saturated heterocycles. The van der Waals surface area contributed by atoms with E-state index in [0.29, 0.717) is 6.54 Å². The van der Waals surface area contributed by atoms with Gasteiger partial charge in [-0.25, -0.2) is 0 Å². The van der Waals surface area contributed by atoms with Crippen LogP contribution in [0.3, 0.4) is 0 Å². The number of benzene rings is 2. The largest absolute Gasteiger partial charge is 0.508 e. The molecule has 0 spiro atoms. The van der Waals surface area contributed by atoms with Crippen LogP contribution in [0, 0.1) is 0 Å². The topological polar surface area (TPSA) is 52.6 Å². The first-order valence-electron chi connectivity index (χ1n) is 7.17. The number of anilines is 1. The highest BCUT2D eigenvalue weighted by Crippen LogP contribution is 2.40. The Morgan fingerprint density at radius 3 is 2.90 bits per heavy atom. The van der Waals surface area contributed by atoms with E-state index in [0.717, 1.165) is 29.8 Å². The molecule has 2 N–H and O–H groups in total. The van der Waals surface area contributed by atoms with E-state index in [4.69, 9.17) is 0 Å². The summed E-state index contributed by atoms with van der Waals surface area (Å²) < 4.78 is 0. The number of aromatic hydroxyl groups is 1. The molecule has 2 aromatic carbocycles. The third kappa shape index (κ3) is 1.99. The molecule has 2 aromatic rings. The third-order valence-electron chi connectivity index (χ3n) is 4.33. The molecular formula is C17H16N2O2. The Hall–Kier alpha value is -2.33. The SMILES string of the molecule is O=C1CN2CCc3ccc(O)cc3C2c2ccccc2N1. The van der Waals surface area contributed by atoms with Gasteiger partial charge in [0.2, 0.25) is 5.91 Å². The number of carbonyl (C=O) groups is 1. The molecule has 0 bridgehead atoms. The van der Waals surface area contributed by atoms with Crippen molar-refractivity contribution < 1.29 is 9.90 Å². The lowest BCUT2D eigenvalue weighted by atomic mass is 9.87. The van der Waals surface area contributed by atoms with Crippen molar-refractivity contribution in [3.05, 3.63) is 59.2 Å². The molecule has 0 saturated carbocycles. The summed E-state index contributed by atoms with van der Waals surface area (Å²) in [5, 5.41) is 12.8. The molecular weight excluding hydrogens is 264 g/mol. The van der Waals surface area contributed by atoms with Crippen molar-refractivity contribution in [2.24, 2.45) is 0 Å². The second-order valence-electron chi connectivity index (χ2n) is 5.64. The van der Waals surface area contributed by atoms with Crippen LogP contribution in [0.5, 0.6) is 5.75 Å². The molecule has 0 aromatic heterocycles. The number of para-hydroxylation sites is 1. The van der Waals surface area contributed by atoms with Gasteiger partial charge in [0.05, 0.1) is 12.6 Å². The first-order valence-corrected chi connectivity index (χ1v) is 7.17. The smallest absolute Gasteiger partial charge is 0.238 e. The van der Waals surface area contributed by atoms with Gasteiger partial charge in [-0.1, -0.05) is 24.3 Å². The number of hydrogen-bond acceptors (Lipinski definition) is 3. The zero-order valence-corrected chi connectivity index (χ0v) is 11.5. The Morgan fingerprint density at radius 1 is 1.14 bits per heavy atom. The van der Waals surface area contributed by atoms with Crippen LogP contribution in [0.4, 0.5) is 5.69 Å². The number of amides is 1. The summed E-state index contributed by atoms with van der Waals surface area (Å²) in [6, 6.07) is 13.5. The Bertz CT molecular complexity index is 726. The second-order valence-corrected chi connectivity index (χ2v) is 5.64. The van der Waals surface area contributed by atoms with Crippen molar-refractivity contribution in [3.8, 4) is 5.75 Å². The first-order chi connectivity index (χ1) is 10.2. The third-order valence-corrected chi connectivity index (χ3v) is 4.33. The van der Waals surface area contributed by atoms with Crippen LogP contribution >= 0.6 is 0 Å². The van der Waals surface area contributed by atoms with Gasteiger partial charge >= 0.3 is 0 Å². The van der Waals surface area contributed by atoms with Gasteiger partial charge in [0.1, 0.15) is 5.75 Å². The Kier molecular flexibility index (Phi) is 2.72. The lowest BCUT2D eigenvalue weighted by molar-refractivity contribution is -0.117. The molecule has 0 radical (unpaired) electrons. The molecule has 2 heterocycles. The lowest BCUT2D eigenvalue weighted by Gasteiger charge is -2.36. The van der Waals surface area contributed by atoms with Crippen molar-refractivity contribution in [2.75, 3.05) is 18.4 Å². The average Bonchev–Trinajstić information content (AvgIpc) is 2.62. The molecule has 0 fully saturated rings. The van der Waals surface area contributed by atoms with Crippen molar-refractivity contribution in [2.45, 2.75) is 12.5 Å². The van der Waals surface area contributed by atoms with E-state index in [1.165, 1.54) is 5.56 Å². The highest BCUT2D eigenvalue weighted by atomic mass is 16.3. The molecule has 0 aliphatic carbocycles. The highest BCUT2D eigenvalue weighted by Gasteiger charge is 2.34. The lowest BCUT2D eigenvalue weighted by Crippen LogP contribution is -2.38. The first kappa shape index (κ1) is 12.4. The van der Waals surface area contributed by atoms with E-state index >= 15 is 0 Å². The summed E-state index contributed by atoms with van der Waals surface area (Å²) in [4.78, 5) is 14.3. The predicted molar refractivity (Wildman–Crippen MR) is 80.3 cm³/mol. The molecule has 1 unspecified atom stereocenters. The fourth-order valence-corrected chi connectivity index (χ4v) is 3.41. The van der Waals surface area contributed by atoms with Gasteiger partial charge in [0, 0.05) is 12.2 Å². The van der Waals surface area contributed by atoms with Crippen molar-refractivity contribution in [3.63, 3.8) is 0 Å². The monoisotopic (exact) mass is 280 g/mol. The van der Waals surface area contributed by atoms with E-state index in [9.17, 15) is 9.90 Å². The number of phenolic OH excluding ortho intramolecular Hbond substituents is 1. The molecule has 106 valence electrons. The summed E-state index contributed by atoms with van der Waals surface area (Å²) in [7, 11) is 0. The number of rotatable bonds is 0. The van der Waals surface area contributed by atoms with Gasteiger partial charge in [-0.2, -0.15) is 0 Å². The molecule has 4 nitrogen and oxygen atoms in total. The summed E-state index contributed by atoms with van der Waals surface area (Å²) in [6.45, 7) is 1.23. The Morgan fingerprint density at radius 2 is 2.00 bits per heavy atom. The van der Waals surface area contributed by atoms with Crippen molar-refractivity contribution in [1.29, 1.82) is 0 Å². The van der Waals surface area contributed by atoms with Crippen LogP contribution < -0.4 is 5.32 Å². The minimum absolute atomic E-state index is 0.0218.